The standard InChI is InChI=1S/C23H25N3O2S/c1-17-19-9-5-6-10-20(19)29-22(17)23(28)24-12-11-21(27)26-15-13-25(14-16-26)18-7-3-2-4-8-18/h2-10H,11-16H2,1H3,(H,24,28). The highest BCUT2D eigenvalue weighted by molar-refractivity contribution is 7.21. The fourth-order valence-corrected chi connectivity index (χ4v) is 4.89. The molecule has 5 nitrogen and oxygen atoms in total. The molecule has 29 heavy (non-hydrogen) atoms. The molecule has 150 valence electrons. The maximum atomic E-state index is 12.6. The quantitative estimate of drug-likeness (QED) is 0.702. The SMILES string of the molecule is Cc1c(C(=O)NCCC(=O)N2CCN(c3ccccc3)CC2)sc2ccccc12. The average molecular weight is 408 g/mol. The van der Waals surface area contributed by atoms with E-state index in [4.69, 9.17) is 0 Å². The molecule has 0 unspecified atom stereocenters. The Hall–Kier alpha value is -2.86. The van der Waals surface area contributed by atoms with Gasteiger partial charge in [0.1, 0.15) is 0 Å². The van der Waals surface area contributed by atoms with Crippen molar-refractivity contribution < 1.29 is 9.59 Å². The molecule has 2 amide bonds. The van der Waals surface area contributed by atoms with E-state index >= 15 is 0 Å². The second-order valence-corrected chi connectivity index (χ2v) is 8.31. The number of rotatable bonds is 5. The summed E-state index contributed by atoms with van der Waals surface area (Å²) in [6.45, 7) is 5.45. The fraction of sp³-hybridized carbons (Fsp3) is 0.304. The molecule has 6 heteroatoms. The van der Waals surface area contributed by atoms with E-state index in [-0.39, 0.29) is 11.8 Å². The predicted octanol–water partition coefficient (Wildman–Crippen LogP) is 3.68. The molecule has 0 bridgehead atoms. The van der Waals surface area contributed by atoms with Gasteiger partial charge in [0.05, 0.1) is 4.88 Å². The van der Waals surface area contributed by atoms with E-state index in [0.717, 1.165) is 46.7 Å². The fourth-order valence-electron chi connectivity index (χ4n) is 3.77. The van der Waals surface area contributed by atoms with Crippen LogP contribution in [0.15, 0.2) is 54.6 Å². The van der Waals surface area contributed by atoms with Crippen LogP contribution >= 0.6 is 11.3 Å². The monoisotopic (exact) mass is 407 g/mol. The van der Waals surface area contributed by atoms with Crippen molar-refractivity contribution in [1.29, 1.82) is 0 Å². The summed E-state index contributed by atoms with van der Waals surface area (Å²) in [5.41, 5.74) is 2.21. The maximum absolute atomic E-state index is 12.6. The van der Waals surface area contributed by atoms with Crippen LogP contribution < -0.4 is 10.2 Å². The smallest absolute Gasteiger partial charge is 0.261 e. The number of amides is 2. The largest absolute Gasteiger partial charge is 0.368 e. The molecule has 0 radical (unpaired) electrons. The number of para-hydroxylation sites is 1. The normalized spacial score (nSPS) is 14.2. The van der Waals surface area contributed by atoms with Crippen LogP contribution in [0.5, 0.6) is 0 Å². The Kier molecular flexibility index (Phi) is 5.81. The number of piperazine rings is 1. The number of anilines is 1. The first-order valence-corrected chi connectivity index (χ1v) is 10.8. The topological polar surface area (TPSA) is 52.7 Å². The van der Waals surface area contributed by atoms with E-state index in [9.17, 15) is 9.59 Å². The molecule has 1 aliphatic heterocycles. The molecule has 1 N–H and O–H groups in total. The van der Waals surface area contributed by atoms with E-state index < -0.39 is 0 Å². The van der Waals surface area contributed by atoms with Gasteiger partial charge in [0.2, 0.25) is 5.91 Å². The van der Waals surface area contributed by atoms with Gasteiger partial charge in [-0.1, -0.05) is 36.4 Å². The molecule has 2 heterocycles. The summed E-state index contributed by atoms with van der Waals surface area (Å²) in [4.78, 5) is 30.0. The van der Waals surface area contributed by atoms with Gasteiger partial charge in [0, 0.05) is 49.5 Å². The van der Waals surface area contributed by atoms with Crippen molar-refractivity contribution in [2.45, 2.75) is 13.3 Å². The number of benzene rings is 2. The second kappa shape index (κ2) is 8.66. The van der Waals surface area contributed by atoms with Gasteiger partial charge < -0.3 is 15.1 Å². The van der Waals surface area contributed by atoms with Crippen molar-refractivity contribution in [2.24, 2.45) is 0 Å². The first-order chi connectivity index (χ1) is 14.1. The van der Waals surface area contributed by atoms with Crippen LogP contribution in [0.4, 0.5) is 5.69 Å². The molecule has 0 atom stereocenters. The molecule has 1 saturated heterocycles. The molecule has 1 aliphatic rings. The number of nitrogens with zero attached hydrogens (tertiary/aromatic N) is 2. The summed E-state index contributed by atoms with van der Waals surface area (Å²) in [6, 6.07) is 18.3. The zero-order chi connectivity index (χ0) is 20.2. The lowest BCUT2D eigenvalue weighted by molar-refractivity contribution is -0.131. The summed E-state index contributed by atoms with van der Waals surface area (Å²) >= 11 is 1.50. The lowest BCUT2D eigenvalue weighted by atomic mass is 10.1. The lowest BCUT2D eigenvalue weighted by Crippen LogP contribution is -2.49. The minimum atomic E-state index is -0.0922. The lowest BCUT2D eigenvalue weighted by Gasteiger charge is -2.36. The molecule has 0 saturated carbocycles. The minimum absolute atomic E-state index is 0.0922. The van der Waals surface area contributed by atoms with Gasteiger partial charge in [-0.3, -0.25) is 9.59 Å². The molecule has 3 aromatic rings. The Morgan fingerprint density at radius 2 is 1.66 bits per heavy atom. The third kappa shape index (κ3) is 4.27. The predicted molar refractivity (Wildman–Crippen MR) is 119 cm³/mol. The Bertz CT molecular complexity index is 1010. The highest BCUT2D eigenvalue weighted by Crippen LogP contribution is 2.30. The van der Waals surface area contributed by atoms with Crippen molar-refractivity contribution in [2.75, 3.05) is 37.6 Å². The molecular formula is C23H25N3O2S. The highest BCUT2D eigenvalue weighted by Gasteiger charge is 2.21. The van der Waals surface area contributed by atoms with Crippen LogP contribution in [0, 0.1) is 6.92 Å². The Balaban J connectivity index is 1.26. The van der Waals surface area contributed by atoms with Gasteiger partial charge in [-0.15, -0.1) is 11.3 Å². The summed E-state index contributed by atoms with van der Waals surface area (Å²) in [7, 11) is 0. The first-order valence-electron chi connectivity index (χ1n) is 9.97. The number of carbonyl (C=O) groups is 2. The molecule has 1 fully saturated rings. The number of carbonyl (C=O) groups excluding carboxylic acids is 2. The van der Waals surface area contributed by atoms with Crippen molar-refractivity contribution in [3.05, 3.63) is 65.0 Å². The highest BCUT2D eigenvalue weighted by atomic mass is 32.1. The summed E-state index contributed by atoms with van der Waals surface area (Å²) < 4.78 is 1.11. The van der Waals surface area contributed by atoms with Crippen molar-refractivity contribution in [3.8, 4) is 0 Å². The van der Waals surface area contributed by atoms with Crippen LogP contribution in [0.25, 0.3) is 10.1 Å². The maximum Gasteiger partial charge on any atom is 0.261 e. The third-order valence-corrected chi connectivity index (χ3v) is 6.70. The molecule has 4 rings (SSSR count). The van der Waals surface area contributed by atoms with Gasteiger partial charge in [-0.05, 0) is 36.1 Å². The second-order valence-electron chi connectivity index (χ2n) is 7.26. The van der Waals surface area contributed by atoms with Gasteiger partial charge in [-0.25, -0.2) is 0 Å². The van der Waals surface area contributed by atoms with Crippen LogP contribution in [-0.2, 0) is 4.79 Å². The van der Waals surface area contributed by atoms with Gasteiger partial charge >= 0.3 is 0 Å². The third-order valence-electron chi connectivity index (χ3n) is 5.43. The van der Waals surface area contributed by atoms with Crippen LogP contribution in [0.1, 0.15) is 21.7 Å². The Morgan fingerprint density at radius 3 is 2.38 bits per heavy atom. The van der Waals surface area contributed by atoms with E-state index in [1.165, 1.54) is 17.0 Å². The summed E-state index contributed by atoms with van der Waals surface area (Å²) in [6.07, 6.45) is 0.334. The van der Waals surface area contributed by atoms with E-state index in [1.54, 1.807) is 0 Å². The first kappa shape index (κ1) is 19.5. The van der Waals surface area contributed by atoms with Gasteiger partial charge in [0.15, 0.2) is 0 Å². The molecule has 0 spiro atoms. The minimum Gasteiger partial charge on any atom is -0.368 e. The number of aryl methyl sites for hydroxylation is 1. The zero-order valence-corrected chi connectivity index (χ0v) is 17.4. The van der Waals surface area contributed by atoms with Crippen molar-refractivity contribution in [1.82, 2.24) is 10.2 Å². The van der Waals surface area contributed by atoms with Crippen LogP contribution in [0.2, 0.25) is 0 Å². The number of hydrogen-bond donors (Lipinski definition) is 1. The zero-order valence-electron chi connectivity index (χ0n) is 16.6. The molecule has 2 aromatic carbocycles. The summed E-state index contributed by atoms with van der Waals surface area (Å²) in [5.74, 6) is 0.0106. The molecule has 0 aliphatic carbocycles. The van der Waals surface area contributed by atoms with E-state index in [1.807, 2.05) is 54.3 Å². The molecule has 1 aromatic heterocycles. The number of nitrogens with one attached hydrogen (secondary N) is 1. The number of thiophene rings is 1. The van der Waals surface area contributed by atoms with Gasteiger partial charge in [-0.2, -0.15) is 0 Å². The molecular weight excluding hydrogens is 382 g/mol. The Labute approximate surface area is 174 Å². The van der Waals surface area contributed by atoms with E-state index in [0.29, 0.717) is 13.0 Å². The average Bonchev–Trinajstić information content (AvgIpc) is 3.11. The number of hydrogen-bond acceptors (Lipinski definition) is 4. The van der Waals surface area contributed by atoms with Crippen LogP contribution in [-0.4, -0.2) is 49.4 Å². The summed E-state index contributed by atoms with van der Waals surface area (Å²) in [5, 5.41) is 4.04. The number of fused-ring (bicyclic) bond motifs is 1. The van der Waals surface area contributed by atoms with Crippen molar-refractivity contribution in [3.63, 3.8) is 0 Å². The van der Waals surface area contributed by atoms with Crippen molar-refractivity contribution >= 4 is 38.9 Å². The Morgan fingerprint density at radius 1 is 0.966 bits per heavy atom. The van der Waals surface area contributed by atoms with E-state index in [2.05, 4.69) is 22.3 Å². The van der Waals surface area contributed by atoms with Crippen LogP contribution in [0.3, 0.4) is 0 Å². The van der Waals surface area contributed by atoms with Gasteiger partial charge in [0.25, 0.3) is 5.91 Å².